The number of carbonyl (C=O) groups is 1. The number of thiazole rings is 1. The number of nitrogens with zero attached hydrogens (tertiary/aromatic N) is 1. The van der Waals surface area contributed by atoms with E-state index in [1.807, 2.05) is 54.6 Å². The van der Waals surface area contributed by atoms with E-state index in [9.17, 15) is 4.79 Å². The number of ether oxygens (including phenoxy) is 1. The molecule has 0 saturated heterocycles. The summed E-state index contributed by atoms with van der Waals surface area (Å²) in [7, 11) is 1.60. The van der Waals surface area contributed by atoms with E-state index in [2.05, 4.69) is 5.32 Å². The molecule has 0 aliphatic carbocycles. The van der Waals surface area contributed by atoms with Crippen LogP contribution in [0.1, 0.15) is 9.67 Å². The number of aromatic nitrogens is 1. The lowest BCUT2D eigenvalue weighted by Crippen LogP contribution is -2.13. The van der Waals surface area contributed by atoms with Crippen LogP contribution in [-0.4, -0.2) is 17.6 Å². The zero-order valence-electron chi connectivity index (χ0n) is 12.9. The summed E-state index contributed by atoms with van der Waals surface area (Å²) in [5, 5.41) is 2.82. The number of hydrogen-bond donors (Lipinski definition) is 2. The summed E-state index contributed by atoms with van der Waals surface area (Å²) >= 11 is 6.56. The number of benzene rings is 2. The van der Waals surface area contributed by atoms with Crippen LogP contribution in [0.5, 0.6) is 5.75 Å². The molecule has 0 spiro atoms. The molecule has 0 aliphatic heterocycles. The van der Waals surface area contributed by atoms with Crippen molar-refractivity contribution in [3.8, 4) is 11.4 Å². The quantitative estimate of drug-likeness (QED) is 0.690. The maximum atomic E-state index is 12.5. The fraction of sp³-hybridized carbons (Fsp3) is 0.0588. The number of hydrogen-bond acceptors (Lipinski definition) is 5. The van der Waals surface area contributed by atoms with Crippen molar-refractivity contribution in [3.05, 3.63) is 63.4 Å². The third kappa shape index (κ3) is 3.17. The van der Waals surface area contributed by atoms with Gasteiger partial charge in [0.2, 0.25) is 0 Å². The molecule has 7 heteroatoms. The Labute approximate surface area is 148 Å². The highest BCUT2D eigenvalue weighted by atomic mass is 32.1. The molecule has 0 atom stereocenters. The van der Waals surface area contributed by atoms with E-state index in [4.69, 9.17) is 22.7 Å². The van der Waals surface area contributed by atoms with Crippen LogP contribution in [0.25, 0.3) is 5.69 Å². The van der Waals surface area contributed by atoms with Gasteiger partial charge in [0.05, 0.1) is 7.11 Å². The van der Waals surface area contributed by atoms with Gasteiger partial charge in [-0.25, -0.2) is 0 Å². The van der Waals surface area contributed by atoms with Gasteiger partial charge in [-0.3, -0.25) is 9.36 Å². The van der Waals surface area contributed by atoms with Gasteiger partial charge in [0.1, 0.15) is 16.4 Å². The SMILES string of the molecule is COc1ccc(-n2c(N)c(C(=O)Nc3ccccc3)sc2=S)cc1. The molecule has 0 fully saturated rings. The van der Waals surface area contributed by atoms with Gasteiger partial charge in [-0.2, -0.15) is 0 Å². The Morgan fingerprint density at radius 2 is 1.83 bits per heavy atom. The zero-order chi connectivity index (χ0) is 17.1. The van der Waals surface area contributed by atoms with Crippen molar-refractivity contribution in [2.75, 3.05) is 18.2 Å². The maximum absolute atomic E-state index is 12.5. The smallest absolute Gasteiger partial charge is 0.269 e. The summed E-state index contributed by atoms with van der Waals surface area (Å²) in [6, 6.07) is 16.5. The normalized spacial score (nSPS) is 10.4. The Morgan fingerprint density at radius 3 is 2.46 bits per heavy atom. The monoisotopic (exact) mass is 357 g/mol. The first kappa shape index (κ1) is 16.2. The lowest BCUT2D eigenvalue weighted by molar-refractivity contribution is 0.103. The van der Waals surface area contributed by atoms with Crippen molar-refractivity contribution in [1.29, 1.82) is 0 Å². The molecule has 0 radical (unpaired) electrons. The molecule has 0 bridgehead atoms. The number of anilines is 2. The zero-order valence-corrected chi connectivity index (χ0v) is 14.5. The summed E-state index contributed by atoms with van der Waals surface area (Å²) in [6.45, 7) is 0. The van der Waals surface area contributed by atoms with Gasteiger partial charge >= 0.3 is 0 Å². The molecule has 3 N–H and O–H groups in total. The van der Waals surface area contributed by atoms with Gasteiger partial charge in [-0.15, -0.1) is 0 Å². The number of rotatable bonds is 4. The molecule has 24 heavy (non-hydrogen) atoms. The molecular weight excluding hydrogens is 342 g/mol. The Hall–Kier alpha value is -2.64. The molecule has 122 valence electrons. The van der Waals surface area contributed by atoms with Crippen molar-refractivity contribution in [2.45, 2.75) is 0 Å². The van der Waals surface area contributed by atoms with Crippen molar-refractivity contribution in [1.82, 2.24) is 4.57 Å². The Bertz CT molecular complexity index is 915. The number of amides is 1. The minimum Gasteiger partial charge on any atom is -0.497 e. The molecule has 0 aliphatic rings. The summed E-state index contributed by atoms with van der Waals surface area (Å²) in [4.78, 5) is 12.9. The van der Waals surface area contributed by atoms with Crippen LogP contribution in [0.2, 0.25) is 0 Å². The van der Waals surface area contributed by atoms with Crippen LogP contribution in [0.3, 0.4) is 0 Å². The van der Waals surface area contributed by atoms with E-state index in [-0.39, 0.29) is 5.91 Å². The first-order valence-electron chi connectivity index (χ1n) is 7.12. The van der Waals surface area contributed by atoms with Gasteiger partial charge < -0.3 is 15.8 Å². The van der Waals surface area contributed by atoms with Gasteiger partial charge in [-0.05, 0) is 48.6 Å². The minimum atomic E-state index is -0.276. The fourth-order valence-corrected chi connectivity index (χ4v) is 3.50. The second-order valence-corrected chi connectivity index (χ2v) is 6.58. The number of nitrogens with two attached hydrogens (primary N) is 1. The number of para-hydroxylation sites is 1. The van der Waals surface area contributed by atoms with Crippen LogP contribution >= 0.6 is 23.6 Å². The molecule has 0 saturated carbocycles. The van der Waals surface area contributed by atoms with E-state index >= 15 is 0 Å². The summed E-state index contributed by atoms with van der Waals surface area (Å²) in [5.41, 5.74) is 7.67. The minimum absolute atomic E-state index is 0.276. The van der Waals surface area contributed by atoms with Gasteiger partial charge in [0.15, 0.2) is 3.95 Å². The predicted octanol–water partition coefficient (Wildman–Crippen LogP) is 4.11. The van der Waals surface area contributed by atoms with Gasteiger partial charge in [0, 0.05) is 11.4 Å². The molecule has 5 nitrogen and oxygen atoms in total. The van der Waals surface area contributed by atoms with Crippen molar-refractivity contribution < 1.29 is 9.53 Å². The molecule has 3 aromatic rings. The molecule has 2 aromatic carbocycles. The number of methoxy groups -OCH3 is 1. The van der Waals surface area contributed by atoms with E-state index in [0.29, 0.717) is 20.3 Å². The molecule has 1 heterocycles. The molecule has 3 rings (SSSR count). The lowest BCUT2D eigenvalue weighted by atomic mass is 10.3. The van der Waals surface area contributed by atoms with Crippen molar-refractivity contribution >= 4 is 41.0 Å². The highest BCUT2D eigenvalue weighted by Gasteiger charge is 2.18. The maximum Gasteiger partial charge on any atom is 0.269 e. The van der Waals surface area contributed by atoms with E-state index in [1.54, 1.807) is 11.7 Å². The third-order valence-corrected chi connectivity index (χ3v) is 4.80. The third-order valence-electron chi connectivity index (χ3n) is 3.41. The Morgan fingerprint density at radius 1 is 1.17 bits per heavy atom. The summed E-state index contributed by atoms with van der Waals surface area (Å²) in [5.74, 6) is 0.784. The Kier molecular flexibility index (Phi) is 4.64. The summed E-state index contributed by atoms with van der Waals surface area (Å²) in [6.07, 6.45) is 0. The number of nitrogens with one attached hydrogen (secondary N) is 1. The average Bonchev–Trinajstić information content (AvgIpc) is 2.90. The summed E-state index contributed by atoms with van der Waals surface area (Å²) < 4.78 is 7.34. The predicted molar refractivity (Wildman–Crippen MR) is 99.8 cm³/mol. The molecule has 1 amide bonds. The van der Waals surface area contributed by atoms with Crippen LogP contribution in [-0.2, 0) is 0 Å². The molecule has 1 aromatic heterocycles. The highest BCUT2D eigenvalue weighted by Crippen LogP contribution is 2.28. The van der Waals surface area contributed by atoms with E-state index in [0.717, 1.165) is 11.4 Å². The van der Waals surface area contributed by atoms with Crippen LogP contribution in [0.4, 0.5) is 11.5 Å². The molecule has 0 unspecified atom stereocenters. The van der Waals surface area contributed by atoms with Crippen molar-refractivity contribution in [3.63, 3.8) is 0 Å². The number of nitrogen functional groups attached to an aromatic ring is 1. The topological polar surface area (TPSA) is 69.3 Å². The van der Waals surface area contributed by atoms with Crippen LogP contribution in [0.15, 0.2) is 54.6 Å². The van der Waals surface area contributed by atoms with Gasteiger partial charge in [-0.1, -0.05) is 29.5 Å². The first-order valence-corrected chi connectivity index (χ1v) is 8.35. The number of carbonyl (C=O) groups excluding carboxylic acids is 1. The fourth-order valence-electron chi connectivity index (χ4n) is 2.23. The van der Waals surface area contributed by atoms with E-state index in [1.165, 1.54) is 11.3 Å². The first-order chi connectivity index (χ1) is 11.6. The second kappa shape index (κ2) is 6.86. The molecular formula is C17H15N3O2S2. The largest absolute Gasteiger partial charge is 0.497 e. The van der Waals surface area contributed by atoms with E-state index < -0.39 is 0 Å². The lowest BCUT2D eigenvalue weighted by Gasteiger charge is -2.08. The second-order valence-electron chi connectivity index (χ2n) is 4.94. The Balaban J connectivity index is 1.94. The standard InChI is InChI=1S/C17H15N3O2S2/c1-22-13-9-7-12(8-10-13)20-15(18)14(24-17(20)23)16(21)19-11-5-3-2-4-6-11/h2-10H,18H2,1H3,(H,19,21). The van der Waals surface area contributed by atoms with Crippen molar-refractivity contribution in [2.24, 2.45) is 0 Å². The van der Waals surface area contributed by atoms with Crippen LogP contribution in [0, 0.1) is 3.95 Å². The van der Waals surface area contributed by atoms with Gasteiger partial charge in [0.25, 0.3) is 5.91 Å². The van der Waals surface area contributed by atoms with Crippen LogP contribution < -0.4 is 15.8 Å². The average molecular weight is 357 g/mol. The highest BCUT2D eigenvalue weighted by molar-refractivity contribution is 7.73.